The van der Waals surface area contributed by atoms with Crippen LogP contribution in [0.5, 0.6) is 11.5 Å². The number of hydrogen-bond acceptors (Lipinski definition) is 6. The fourth-order valence-corrected chi connectivity index (χ4v) is 3.80. The smallest absolute Gasteiger partial charge is 0.335 e. The van der Waals surface area contributed by atoms with Crippen LogP contribution in [0, 0.1) is 0 Å². The highest BCUT2D eigenvalue weighted by Gasteiger charge is 2.29. The lowest BCUT2D eigenvalue weighted by atomic mass is 9.97. The summed E-state index contributed by atoms with van der Waals surface area (Å²) in [4.78, 5) is 16.5. The summed E-state index contributed by atoms with van der Waals surface area (Å²) in [5.41, 5.74) is 2.78. The highest BCUT2D eigenvalue weighted by Crippen LogP contribution is 2.33. The van der Waals surface area contributed by atoms with E-state index in [0.717, 1.165) is 16.9 Å². The zero-order chi connectivity index (χ0) is 20.1. The molecule has 1 aliphatic heterocycles. The Morgan fingerprint density at radius 3 is 2.18 bits per heavy atom. The summed E-state index contributed by atoms with van der Waals surface area (Å²) in [7, 11) is 3.23. The van der Waals surface area contributed by atoms with Crippen molar-refractivity contribution in [3.05, 3.63) is 70.9 Å². The zero-order valence-corrected chi connectivity index (χ0v) is 16.7. The predicted molar refractivity (Wildman–Crippen MR) is 111 cm³/mol. The van der Waals surface area contributed by atoms with Gasteiger partial charge in [0.15, 0.2) is 5.17 Å². The van der Waals surface area contributed by atoms with Crippen LogP contribution in [-0.2, 0) is 10.5 Å². The molecule has 0 radical (unpaired) electrons. The molecule has 7 heteroatoms. The van der Waals surface area contributed by atoms with Crippen molar-refractivity contribution < 1.29 is 19.4 Å². The van der Waals surface area contributed by atoms with E-state index in [-0.39, 0.29) is 5.57 Å². The van der Waals surface area contributed by atoms with E-state index in [1.807, 2.05) is 48.5 Å². The van der Waals surface area contributed by atoms with E-state index < -0.39 is 12.0 Å². The molecule has 28 heavy (non-hydrogen) atoms. The maximum Gasteiger partial charge on any atom is 0.335 e. The van der Waals surface area contributed by atoms with Crippen LogP contribution in [0.4, 0.5) is 0 Å². The lowest BCUT2D eigenvalue weighted by Gasteiger charge is -2.24. The van der Waals surface area contributed by atoms with Gasteiger partial charge in [-0.3, -0.25) is 0 Å². The fraction of sp³-hybridized carbons (Fsp3) is 0.238. The van der Waals surface area contributed by atoms with Gasteiger partial charge >= 0.3 is 5.97 Å². The number of benzene rings is 2. The lowest BCUT2D eigenvalue weighted by molar-refractivity contribution is -0.133. The van der Waals surface area contributed by atoms with E-state index in [2.05, 4.69) is 10.3 Å². The van der Waals surface area contributed by atoms with Crippen LogP contribution in [0.3, 0.4) is 0 Å². The summed E-state index contributed by atoms with van der Waals surface area (Å²) < 4.78 is 10.4. The number of nitrogens with one attached hydrogen (secondary N) is 1. The van der Waals surface area contributed by atoms with E-state index in [1.54, 1.807) is 21.1 Å². The number of thioether (sulfide) groups is 1. The molecule has 2 aromatic rings. The Balaban J connectivity index is 1.82. The quantitative estimate of drug-likeness (QED) is 0.766. The number of amidine groups is 1. The second kappa shape index (κ2) is 8.84. The van der Waals surface area contributed by atoms with E-state index in [0.29, 0.717) is 22.4 Å². The number of rotatable bonds is 6. The molecule has 1 aliphatic rings. The summed E-state index contributed by atoms with van der Waals surface area (Å²) in [6.07, 6.45) is 0. The molecule has 146 valence electrons. The number of carbonyl (C=O) groups is 1. The summed E-state index contributed by atoms with van der Waals surface area (Å²) in [5.74, 6) is 1.26. The minimum absolute atomic E-state index is 0.249. The number of hydrogen-bond donors (Lipinski definition) is 2. The molecule has 0 saturated heterocycles. The summed E-state index contributed by atoms with van der Waals surface area (Å²) in [5, 5.41) is 13.5. The molecule has 0 aliphatic carbocycles. The van der Waals surface area contributed by atoms with Crippen molar-refractivity contribution in [2.75, 3.05) is 14.2 Å². The van der Waals surface area contributed by atoms with Crippen molar-refractivity contribution in [2.45, 2.75) is 18.7 Å². The topological polar surface area (TPSA) is 80.2 Å². The second-order valence-electron chi connectivity index (χ2n) is 6.22. The van der Waals surface area contributed by atoms with Crippen molar-refractivity contribution in [3.63, 3.8) is 0 Å². The molecule has 2 N–H and O–H groups in total. The Labute approximate surface area is 168 Å². The van der Waals surface area contributed by atoms with Gasteiger partial charge < -0.3 is 19.9 Å². The van der Waals surface area contributed by atoms with Gasteiger partial charge in [-0.25, -0.2) is 9.79 Å². The molecule has 2 aromatic carbocycles. The SMILES string of the molecule is COc1ccc(CSC2=NC(c3ccc(OC)cc3)C(C(=O)O)=C(C)N2)cc1. The van der Waals surface area contributed by atoms with Gasteiger partial charge in [0.1, 0.15) is 17.5 Å². The number of methoxy groups -OCH3 is 2. The zero-order valence-electron chi connectivity index (χ0n) is 15.9. The summed E-state index contributed by atoms with van der Waals surface area (Å²) in [6.45, 7) is 1.77. The monoisotopic (exact) mass is 398 g/mol. The molecule has 0 amide bonds. The Kier molecular flexibility index (Phi) is 6.26. The second-order valence-corrected chi connectivity index (χ2v) is 7.18. The average Bonchev–Trinajstić information content (AvgIpc) is 2.72. The van der Waals surface area contributed by atoms with Gasteiger partial charge in [-0.1, -0.05) is 36.0 Å². The normalized spacial score (nSPS) is 16.2. The molecule has 3 rings (SSSR count). The van der Waals surface area contributed by atoms with E-state index in [4.69, 9.17) is 9.47 Å². The standard InChI is InChI=1S/C21H22N2O4S/c1-13-18(20(24)25)19(15-6-10-17(27-3)11-7-15)23-21(22-13)28-12-14-4-8-16(26-2)9-5-14/h4-11,19H,12H2,1-3H3,(H,22,23)(H,24,25). The maximum absolute atomic E-state index is 11.8. The maximum atomic E-state index is 11.8. The molecule has 0 saturated carbocycles. The van der Waals surface area contributed by atoms with Crippen molar-refractivity contribution >= 4 is 22.9 Å². The summed E-state index contributed by atoms with van der Waals surface area (Å²) >= 11 is 1.53. The van der Waals surface area contributed by atoms with Gasteiger partial charge in [0.2, 0.25) is 0 Å². The molecular weight excluding hydrogens is 376 g/mol. The van der Waals surface area contributed by atoms with Crippen LogP contribution in [0.2, 0.25) is 0 Å². The molecule has 0 aromatic heterocycles. The Morgan fingerprint density at radius 2 is 1.64 bits per heavy atom. The van der Waals surface area contributed by atoms with Gasteiger partial charge in [-0.2, -0.15) is 0 Å². The van der Waals surface area contributed by atoms with Gasteiger partial charge in [-0.05, 0) is 42.3 Å². The number of ether oxygens (including phenoxy) is 2. The van der Waals surface area contributed by atoms with Gasteiger partial charge in [-0.15, -0.1) is 0 Å². The minimum atomic E-state index is -0.978. The number of allylic oxidation sites excluding steroid dienone is 1. The number of carboxylic acid groups (broad SMARTS) is 1. The van der Waals surface area contributed by atoms with Gasteiger partial charge in [0.05, 0.1) is 19.8 Å². The third-order valence-electron chi connectivity index (χ3n) is 4.41. The average molecular weight is 398 g/mol. The first kappa shape index (κ1) is 19.8. The van der Waals surface area contributed by atoms with E-state index in [9.17, 15) is 9.90 Å². The van der Waals surface area contributed by atoms with Crippen molar-refractivity contribution in [1.82, 2.24) is 5.32 Å². The number of aliphatic carboxylic acids is 1. The number of aliphatic imine (C=N–C) groups is 1. The Morgan fingerprint density at radius 1 is 1.07 bits per heavy atom. The van der Waals surface area contributed by atoms with Gasteiger partial charge in [0, 0.05) is 11.4 Å². The van der Waals surface area contributed by atoms with Crippen molar-refractivity contribution in [1.29, 1.82) is 0 Å². The third kappa shape index (κ3) is 4.48. The largest absolute Gasteiger partial charge is 0.497 e. The van der Waals surface area contributed by atoms with Crippen molar-refractivity contribution in [2.24, 2.45) is 4.99 Å². The highest BCUT2D eigenvalue weighted by atomic mass is 32.2. The first-order valence-corrected chi connectivity index (χ1v) is 9.69. The molecule has 1 heterocycles. The molecule has 1 unspecified atom stereocenters. The Hall–Kier alpha value is -2.93. The van der Waals surface area contributed by atoms with E-state index >= 15 is 0 Å². The first-order chi connectivity index (χ1) is 13.5. The van der Waals surface area contributed by atoms with Crippen LogP contribution in [-0.4, -0.2) is 30.5 Å². The van der Waals surface area contributed by atoms with Crippen LogP contribution in [0.15, 0.2) is 64.8 Å². The minimum Gasteiger partial charge on any atom is -0.497 e. The lowest BCUT2D eigenvalue weighted by Crippen LogP contribution is -2.29. The van der Waals surface area contributed by atoms with E-state index in [1.165, 1.54) is 11.8 Å². The third-order valence-corrected chi connectivity index (χ3v) is 5.37. The molecule has 6 nitrogen and oxygen atoms in total. The number of nitrogens with zero attached hydrogens (tertiary/aromatic N) is 1. The highest BCUT2D eigenvalue weighted by molar-refractivity contribution is 8.13. The predicted octanol–water partition coefficient (Wildman–Crippen LogP) is 4.00. The van der Waals surface area contributed by atoms with Crippen LogP contribution in [0.25, 0.3) is 0 Å². The Bertz CT molecular complexity index is 905. The first-order valence-electron chi connectivity index (χ1n) is 8.70. The molecule has 1 atom stereocenters. The van der Waals surface area contributed by atoms with Crippen LogP contribution in [0.1, 0.15) is 24.1 Å². The van der Waals surface area contributed by atoms with Gasteiger partial charge in [0.25, 0.3) is 0 Å². The van der Waals surface area contributed by atoms with Crippen LogP contribution < -0.4 is 14.8 Å². The molecular formula is C21H22N2O4S. The number of carboxylic acids is 1. The van der Waals surface area contributed by atoms with Crippen molar-refractivity contribution in [3.8, 4) is 11.5 Å². The molecule has 0 fully saturated rings. The molecule has 0 bridgehead atoms. The fourth-order valence-electron chi connectivity index (χ4n) is 2.90. The molecule has 0 spiro atoms. The summed E-state index contributed by atoms with van der Waals surface area (Å²) in [6, 6.07) is 14.6. The van der Waals surface area contributed by atoms with Crippen LogP contribution >= 0.6 is 11.8 Å².